The Kier molecular flexibility index (Phi) is 3.40. The molecule has 0 saturated carbocycles. The summed E-state index contributed by atoms with van der Waals surface area (Å²) in [7, 11) is 0. The highest BCUT2D eigenvalue weighted by molar-refractivity contribution is 5.85. The number of morpholine rings is 1. The molecule has 0 aliphatic carbocycles. The Hall–Kier alpha value is -1.59. The standard InChI is InChI=1S/C14H19N3O2/c1-2-10-9-18-7-6-17(10)8-13-16-14-11(15)4-3-5-12(14)19-13/h3-5,10H,2,6-9,15H2,1H3. The molecule has 2 heterocycles. The lowest BCUT2D eigenvalue weighted by Gasteiger charge is -2.33. The minimum absolute atomic E-state index is 0.445. The molecule has 0 amide bonds. The maximum absolute atomic E-state index is 5.90. The Bertz CT molecular complexity index is 567. The summed E-state index contributed by atoms with van der Waals surface area (Å²) in [5.74, 6) is 0.730. The lowest BCUT2D eigenvalue weighted by molar-refractivity contribution is -0.0159. The minimum Gasteiger partial charge on any atom is -0.439 e. The first-order chi connectivity index (χ1) is 9.28. The number of nitrogens with zero attached hydrogens (tertiary/aromatic N) is 2. The average Bonchev–Trinajstić information content (AvgIpc) is 2.83. The lowest BCUT2D eigenvalue weighted by Crippen LogP contribution is -2.44. The summed E-state index contributed by atoms with van der Waals surface area (Å²) in [6.45, 7) is 5.39. The molecule has 1 fully saturated rings. The van der Waals surface area contributed by atoms with Crippen LogP contribution in [0.1, 0.15) is 19.2 Å². The molecular weight excluding hydrogens is 242 g/mol. The summed E-state index contributed by atoms with van der Waals surface area (Å²) in [6, 6.07) is 6.08. The molecular formula is C14H19N3O2. The second-order valence-electron chi connectivity index (χ2n) is 4.91. The lowest BCUT2D eigenvalue weighted by atomic mass is 10.2. The molecule has 0 radical (unpaired) electrons. The van der Waals surface area contributed by atoms with Crippen molar-refractivity contribution in [2.75, 3.05) is 25.5 Å². The first kappa shape index (κ1) is 12.4. The van der Waals surface area contributed by atoms with Crippen LogP contribution in [0.2, 0.25) is 0 Å². The highest BCUT2D eigenvalue weighted by atomic mass is 16.5. The number of rotatable bonds is 3. The van der Waals surface area contributed by atoms with E-state index in [9.17, 15) is 0 Å². The van der Waals surface area contributed by atoms with Gasteiger partial charge in [0, 0.05) is 12.6 Å². The molecule has 1 atom stereocenters. The van der Waals surface area contributed by atoms with Crippen molar-refractivity contribution in [2.45, 2.75) is 25.9 Å². The van der Waals surface area contributed by atoms with Gasteiger partial charge in [0.05, 0.1) is 25.4 Å². The monoisotopic (exact) mass is 261 g/mol. The Morgan fingerprint density at radius 1 is 1.47 bits per heavy atom. The van der Waals surface area contributed by atoms with Gasteiger partial charge in [0.2, 0.25) is 5.89 Å². The van der Waals surface area contributed by atoms with Crippen LogP contribution >= 0.6 is 0 Å². The average molecular weight is 261 g/mol. The molecule has 5 heteroatoms. The van der Waals surface area contributed by atoms with Crippen molar-refractivity contribution >= 4 is 16.8 Å². The third-order valence-corrected chi connectivity index (χ3v) is 3.65. The van der Waals surface area contributed by atoms with Crippen LogP contribution in [0.3, 0.4) is 0 Å². The third kappa shape index (κ3) is 2.43. The van der Waals surface area contributed by atoms with Crippen LogP contribution in [0.4, 0.5) is 5.69 Å². The minimum atomic E-state index is 0.445. The molecule has 19 heavy (non-hydrogen) atoms. The van der Waals surface area contributed by atoms with Gasteiger partial charge in [-0.25, -0.2) is 4.98 Å². The molecule has 102 valence electrons. The molecule has 1 aromatic carbocycles. The zero-order valence-corrected chi connectivity index (χ0v) is 11.1. The number of aromatic nitrogens is 1. The van der Waals surface area contributed by atoms with E-state index in [2.05, 4.69) is 16.8 Å². The largest absolute Gasteiger partial charge is 0.439 e. The molecule has 1 saturated heterocycles. The highest BCUT2D eigenvalue weighted by Gasteiger charge is 2.23. The van der Waals surface area contributed by atoms with Crippen LogP contribution in [0, 0.1) is 0 Å². The van der Waals surface area contributed by atoms with Crippen molar-refractivity contribution in [3.8, 4) is 0 Å². The van der Waals surface area contributed by atoms with E-state index >= 15 is 0 Å². The smallest absolute Gasteiger partial charge is 0.209 e. The molecule has 1 aromatic heterocycles. The van der Waals surface area contributed by atoms with Gasteiger partial charge in [-0.1, -0.05) is 13.0 Å². The second kappa shape index (κ2) is 5.19. The van der Waals surface area contributed by atoms with Gasteiger partial charge in [0.1, 0.15) is 5.52 Å². The molecule has 0 spiro atoms. The van der Waals surface area contributed by atoms with Gasteiger partial charge < -0.3 is 14.9 Å². The topological polar surface area (TPSA) is 64.5 Å². The van der Waals surface area contributed by atoms with Gasteiger partial charge in [0.25, 0.3) is 0 Å². The number of benzene rings is 1. The Morgan fingerprint density at radius 3 is 3.16 bits per heavy atom. The van der Waals surface area contributed by atoms with E-state index in [-0.39, 0.29) is 0 Å². The van der Waals surface area contributed by atoms with Gasteiger partial charge >= 0.3 is 0 Å². The summed E-state index contributed by atoms with van der Waals surface area (Å²) in [5, 5.41) is 0. The second-order valence-corrected chi connectivity index (χ2v) is 4.91. The normalized spacial score (nSPS) is 21.0. The summed E-state index contributed by atoms with van der Waals surface area (Å²) >= 11 is 0. The van der Waals surface area contributed by atoms with Crippen LogP contribution in [-0.4, -0.2) is 35.7 Å². The van der Waals surface area contributed by atoms with Gasteiger partial charge in [-0.05, 0) is 18.6 Å². The van der Waals surface area contributed by atoms with Crippen LogP contribution in [0.25, 0.3) is 11.1 Å². The SMILES string of the molecule is CCC1COCCN1Cc1nc2c(N)cccc2o1. The number of fused-ring (bicyclic) bond motifs is 1. The van der Waals surface area contributed by atoms with E-state index in [4.69, 9.17) is 14.9 Å². The van der Waals surface area contributed by atoms with Crippen molar-refractivity contribution < 1.29 is 9.15 Å². The van der Waals surface area contributed by atoms with Gasteiger partial charge in [0.15, 0.2) is 5.58 Å². The van der Waals surface area contributed by atoms with Crippen LogP contribution in [0.5, 0.6) is 0 Å². The number of para-hydroxylation sites is 1. The van der Waals surface area contributed by atoms with Crippen molar-refractivity contribution in [2.24, 2.45) is 0 Å². The van der Waals surface area contributed by atoms with Gasteiger partial charge in [-0.15, -0.1) is 0 Å². The molecule has 2 N–H and O–H groups in total. The fraction of sp³-hybridized carbons (Fsp3) is 0.500. The number of nitrogens with two attached hydrogens (primary N) is 1. The molecule has 5 nitrogen and oxygen atoms in total. The third-order valence-electron chi connectivity index (χ3n) is 3.65. The Labute approximate surface area is 112 Å². The van der Waals surface area contributed by atoms with E-state index in [1.54, 1.807) is 0 Å². The van der Waals surface area contributed by atoms with Crippen LogP contribution in [-0.2, 0) is 11.3 Å². The maximum Gasteiger partial charge on any atom is 0.209 e. The quantitative estimate of drug-likeness (QED) is 0.856. The summed E-state index contributed by atoms with van der Waals surface area (Å²) in [5.41, 5.74) is 8.09. The van der Waals surface area contributed by atoms with Crippen LogP contribution < -0.4 is 5.73 Å². The number of hydrogen-bond donors (Lipinski definition) is 1. The number of hydrogen-bond acceptors (Lipinski definition) is 5. The van der Waals surface area contributed by atoms with Crippen molar-refractivity contribution in [3.05, 3.63) is 24.1 Å². The van der Waals surface area contributed by atoms with Crippen LogP contribution in [0.15, 0.2) is 22.6 Å². The van der Waals surface area contributed by atoms with E-state index in [0.29, 0.717) is 11.7 Å². The van der Waals surface area contributed by atoms with Gasteiger partial charge in [-0.3, -0.25) is 4.90 Å². The predicted octanol–water partition coefficient (Wildman–Crippen LogP) is 2.02. The van der Waals surface area contributed by atoms with E-state index in [0.717, 1.165) is 49.7 Å². The predicted molar refractivity (Wildman–Crippen MR) is 73.7 cm³/mol. The summed E-state index contributed by atoms with van der Waals surface area (Å²) in [4.78, 5) is 6.87. The molecule has 1 aliphatic heterocycles. The number of nitrogen functional groups attached to an aromatic ring is 1. The van der Waals surface area contributed by atoms with Crippen molar-refractivity contribution in [1.82, 2.24) is 9.88 Å². The number of oxazole rings is 1. The highest BCUT2D eigenvalue weighted by Crippen LogP contribution is 2.23. The Morgan fingerprint density at radius 2 is 2.37 bits per heavy atom. The molecule has 2 aromatic rings. The first-order valence-corrected chi connectivity index (χ1v) is 6.73. The fourth-order valence-electron chi connectivity index (χ4n) is 2.53. The first-order valence-electron chi connectivity index (χ1n) is 6.73. The zero-order chi connectivity index (χ0) is 13.2. The number of ether oxygens (including phenoxy) is 1. The fourth-order valence-corrected chi connectivity index (χ4v) is 2.53. The Balaban J connectivity index is 1.82. The van der Waals surface area contributed by atoms with Gasteiger partial charge in [-0.2, -0.15) is 0 Å². The summed E-state index contributed by atoms with van der Waals surface area (Å²) < 4.78 is 11.3. The van der Waals surface area contributed by atoms with E-state index < -0.39 is 0 Å². The van der Waals surface area contributed by atoms with E-state index in [1.165, 1.54) is 0 Å². The molecule has 1 aliphatic rings. The molecule has 1 unspecified atom stereocenters. The maximum atomic E-state index is 5.90. The van der Waals surface area contributed by atoms with Crippen molar-refractivity contribution in [1.29, 1.82) is 0 Å². The van der Waals surface area contributed by atoms with Crippen molar-refractivity contribution in [3.63, 3.8) is 0 Å². The number of anilines is 1. The summed E-state index contributed by atoms with van der Waals surface area (Å²) in [6.07, 6.45) is 1.07. The molecule has 0 bridgehead atoms. The molecule has 3 rings (SSSR count). The van der Waals surface area contributed by atoms with E-state index in [1.807, 2.05) is 18.2 Å². The zero-order valence-electron chi connectivity index (χ0n) is 11.1.